The summed E-state index contributed by atoms with van der Waals surface area (Å²) in [6.45, 7) is 0.706. The molecule has 0 spiro atoms. The molecule has 7 heteroatoms. The van der Waals surface area contributed by atoms with Crippen LogP contribution in [0.3, 0.4) is 0 Å². The lowest BCUT2D eigenvalue weighted by molar-refractivity contribution is -0.119. The quantitative estimate of drug-likeness (QED) is 0.478. The van der Waals surface area contributed by atoms with E-state index in [1.807, 2.05) is 11.4 Å². The number of carbonyl (C=O) groups excluding carboxylic acids is 3. The van der Waals surface area contributed by atoms with Gasteiger partial charge in [-0.05, 0) is 72.8 Å². The predicted octanol–water partition coefficient (Wildman–Crippen LogP) is 4.74. The van der Waals surface area contributed by atoms with Crippen LogP contribution < -0.4 is 15.0 Å². The number of anilines is 2. The van der Waals surface area contributed by atoms with Gasteiger partial charge in [0.2, 0.25) is 5.91 Å². The summed E-state index contributed by atoms with van der Waals surface area (Å²) in [7, 11) is 0. The second kappa shape index (κ2) is 8.92. The fourth-order valence-corrected chi connectivity index (χ4v) is 3.85. The number of hydrogen-bond donors (Lipinski definition) is 1. The molecule has 3 aromatic rings. The first kappa shape index (κ1) is 19.8. The molecule has 0 radical (unpaired) electrons. The minimum absolute atomic E-state index is 0.114. The molecule has 0 saturated carbocycles. The molecule has 2 heterocycles. The lowest BCUT2D eigenvalue weighted by Gasteiger charge is -2.26. The van der Waals surface area contributed by atoms with Gasteiger partial charge in [0, 0.05) is 24.3 Å². The third-order valence-corrected chi connectivity index (χ3v) is 5.67. The van der Waals surface area contributed by atoms with Crippen molar-refractivity contribution in [2.75, 3.05) is 16.8 Å². The van der Waals surface area contributed by atoms with E-state index in [1.54, 1.807) is 59.5 Å². The summed E-state index contributed by atoms with van der Waals surface area (Å²) >= 11 is 1.37. The summed E-state index contributed by atoms with van der Waals surface area (Å²) < 4.78 is 5.41. The minimum atomic E-state index is -0.484. The van der Waals surface area contributed by atoms with Crippen molar-refractivity contribution in [1.29, 1.82) is 0 Å². The van der Waals surface area contributed by atoms with E-state index >= 15 is 0 Å². The fraction of sp³-hybridized carbons (Fsp3) is 0.174. The summed E-state index contributed by atoms with van der Waals surface area (Å²) in [5, 5.41) is 4.64. The van der Waals surface area contributed by atoms with Gasteiger partial charge in [0.15, 0.2) is 0 Å². The topological polar surface area (TPSA) is 75.7 Å². The molecule has 4 rings (SSSR count). The van der Waals surface area contributed by atoms with Gasteiger partial charge in [0.05, 0.1) is 10.4 Å². The van der Waals surface area contributed by atoms with E-state index in [4.69, 9.17) is 4.74 Å². The highest BCUT2D eigenvalue weighted by atomic mass is 32.1. The Bertz CT molecular complexity index is 1040. The fourth-order valence-electron chi connectivity index (χ4n) is 3.23. The number of hydrogen-bond acceptors (Lipinski definition) is 5. The normalized spacial score (nSPS) is 13.7. The number of nitrogens with zero attached hydrogens (tertiary/aromatic N) is 1. The van der Waals surface area contributed by atoms with E-state index < -0.39 is 5.97 Å². The number of thiophene rings is 1. The van der Waals surface area contributed by atoms with Crippen LogP contribution in [0.1, 0.15) is 39.3 Å². The van der Waals surface area contributed by atoms with Gasteiger partial charge in [-0.3, -0.25) is 9.59 Å². The van der Waals surface area contributed by atoms with Crippen LogP contribution in [0.2, 0.25) is 0 Å². The Hall–Kier alpha value is -3.45. The van der Waals surface area contributed by atoms with E-state index in [2.05, 4.69) is 5.32 Å². The number of benzene rings is 2. The van der Waals surface area contributed by atoms with E-state index in [-0.39, 0.29) is 11.8 Å². The summed E-state index contributed by atoms with van der Waals surface area (Å²) in [5.41, 5.74) is 1.81. The monoisotopic (exact) mass is 420 g/mol. The first-order chi connectivity index (χ1) is 14.6. The number of piperidine rings is 1. The Morgan fingerprint density at radius 1 is 0.967 bits per heavy atom. The molecule has 6 nitrogen and oxygen atoms in total. The Kier molecular flexibility index (Phi) is 5.90. The number of esters is 1. The van der Waals surface area contributed by atoms with Crippen molar-refractivity contribution >= 4 is 40.5 Å². The maximum absolute atomic E-state index is 12.4. The average Bonchev–Trinajstić information content (AvgIpc) is 3.31. The molecule has 0 bridgehead atoms. The lowest BCUT2D eigenvalue weighted by Crippen LogP contribution is -2.35. The maximum Gasteiger partial charge on any atom is 0.343 e. The van der Waals surface area contributed by atoms with Gasteiger partial charge in [0.25, 0.3) is 5.91 Å². The highest BCUT2D eigenvalue weighted by Gasteiger charge is 2.20. The minimum Gasteiger partial charge on any atom is -0.423 e. The van der Waals surface area contributed by atoms with E-state index in [0.717, 1.165) is 18.5 Å². The Labute approximate surface area is 178 Å². The van der Waals surface area contributed by atoms with Crippen LogP contribution in [-0.4, -0.2) is 24.3 Å². The van der Waals surface area contributed by atoms with Gasteiger partial charge in [-0.1, -0.05) is 6.07 Å². The van der Waals surface area contributed by atoms with Gasteiger partial charge in [0.1, 0.15) is 5.75 Å². The van der Waals surface area contributed by atoms with Crippen molar-refractivity contribution < 1.29 is 19.1 Å². The van der Waals surface area contributed by atoms with Crippen molar-refractivity contribution in [3.8, 4) is 5.75 Å². The van der Waals surface area contributed by atoms with Gasteiger partial charge < -0.3 is 15.0 Å². The molecule has 152 valence electrons. The predicted molar refractivity (Wildman–Crippen MR) is 116 cm³/mol. The van der Waals surface area contributed by atoms with Crippen molar-refractivity contribution in [1.82, 2.24) is 0 Å². The Balaban J connectivity index is 1.36. The van der Waals surface area contributed by atoms with Gasteiger partial charge >= 0.3 is 5.97 Å². The van der Waals surface area contributed by atoms with Gasteiger partial charge in [-0.2, -0.15) is 0 Å². The van der Waals surface area contributed by atoms with Crippen LogP contribution in [0.4, 0.5) is 11.4 Å². The summed E-state index contributed by atoms with van der Waals surface area (Å²) in [5.74, 6) is -0.170. The highest BCUT2D eigenvalue weighted by molar-refractivity contribution is 7.12. The second-order valence-corrected chi connectivity index (χ2v) is 7.84. The molecule has 0 aliphatic carbocycles. The van der Waals surface area contributed by atoms with Crippen molar-refractivity contribution in [3.63, 3.8) is 0 Å². The van der Waals surface area contributed by atoms with E-state index in [1.165, 1.54) is 11.3 Å². The molecule has 1 aliphatic heterocycles. The van der Waals surface area contributed by atoms with Crippen LogP contribution in [-0.2, 0) is 4.79 Å². The van der Waals surface area contributed by atoms with Crippen LogP contribution in [0.15, 0.2) is 66.0 Å². The summed E-state index contributed by atoms with van der Waals surface area (Å²) in [6, 6.07) is 17.0. The standard InChI is InChI=1S/C23H20N2O4S/c26-21-5-1-2-14-25(21)18-10-6-16(7-11-18)23(28)29-19-12-8-17(9-13-19)24-22(27)20-4-3-15-30-20/h3-4,6-13,15H,1-2,5,14H2,(H,24,27). The van der Waals surface area contributed by atoms with Crippen LogP contribution in [0.5, 0.6) is 5.75 Å². The smallest absolute Gasteiger partial charge is 0.343 e. The number of rotatable bonds is 5. The molecule has 30 heavy (non-hydrogen) atoms. The first-order valence-corrected chi connectivity index (χ1v) is 10.6. The van der Waals surface area contributed by atoms with Crippen molar-refractivity contribution in [2.45, 2.75) is 19.3 Å². The summed E-state index contributed by atoms with van der Waals surface area (Å²) in [6.07, 6.45) is 2.48. The van der Waals surface area contributed by atoms with E-state index in [9.17, 15) is 14.4 Å². The molecule has 1 saturated heterocycles. The third kappa shape index (κ3) is 4.58. The molecule has 2 aromatic carbocycles. The van der Waals surface area contributed by atoms with Crippen LogP contribution >= 0.6 is 11.3 Å². The molecular formula is C23H20N2O4S. The second-order valence-electron chi connectivity index (χ2n) is 6.89. The van der Waals surface area contributed by atoms with Crippen LogP contribution in [0, 0.1) is 0 Å². The third-order valence-electron chi connectivity index (χ3n) is 4.81. The summed E-state index contributed by atoms with van der Waals surface area (Å²) in [4.78, 5) is 38.9. The van der Waals surface area contributed by atoms with E-state index in [0.29, 0.717) is 34.8 Å². The zero-order chi connectivity index (χ0) is 20.9. The Morgan fingerprint density at radius 2 is 1.73 bits per heavy atom. The molecule has 0 atom stereocenters. The van der Waals surface area contributed by atoms with Gasteiger partial charge in [-0.25, -0.2) is 4.79 Å². The Morgan fingerprint density at radius 3 is 2.40 bits per heavy atom. The zero-order valence-electron chi connectivity index (χ0n) is 16.2. The molecule has 2 amide bonds. The first-order valence-electron chi connectivity index (χ1n) is 9.68. The molecule has 1 N–H and O–H groups in total. The molecule has 0 unspecified atom stereocenters. The van der Waals surface area contributed by atoms with Crippen LogP contribution in [0.25, 0.3) is 0 Å². The number of amides is 2. The lowest BCUT2D eigenvalue weighted by atomic mass is 10.1. The highest BCUT2D eigenvalue weighted by Crippen LogP contribution is 2.23. The number of ether oxygens (including phenoxy) is 1. The molecular weight excluding hydrogens is 400 g/mol. The maximum atomic E-state index is 12.4. The average molecular weight is 420 g/mol. The van der Waals surface area contributed by atoms with Gasteiger partial charge in [-0.15, -0.1) is 11.3 Å². The SMILES string of the molecule is O=C(Oc1ccc(NC(=O)c2cccs2)cc1)c1ccc(N2CCCCC2=O)cc1. The zero-order valence-corrected chi connectivity index (χ0v) is 17.0. The number of carbonyl (C=O) groups is 3. The molecule has 1 fully saturated rings. The molecule has 1 aromatic heterocycles. The number of nitrogens with one attached hydrogen (secondary N) is 1. The largest absolute Gasteiger partial charge is 0.423 e. The van der Waals surface area contributed by atoms with Crippen molar-refractivity contribution in [2.24, 2.45) is 0 Å². The molecule has 1 aliphatic rings. The van der Waals surface area contributed by atoms with Crippen molar-refractivity contribution in [3.05, 3.63) is 76.5 Å².